The van der Waals surface area contributed by atoms with Crippen molar-refractivity contribution in [2.24, 2.45) is 10.2 Å². The Hall–Kier alpha value is -3.04. The van der Waals surface area contributed by atoms with Crippen LogP contribution in [0.15, 0.2) is 46.6 Å². The Morgan fingerprint density at radius 3 is 2.62 bits per heavy atom. The molecule has 0 bridgehead atoms. The van der Waals surface area contributed by atoms with Crippen LogP contribution in [0.5, 0.6) is 5.75 Å². The lowest BCUT2D eigenvalue weighted by Crippen LogP contribution is -2.40. The molecule has 0 saturated heterocycles. The van der Waals surface area contributed by atoms with E-state index in [1.54, 1.807) is 43.4 Å². The lowest BCUT2D eigenvalue weighted by atomic mass is 10.3. The summed E-state index contributed by atoms with van der Waals surface area (Å²) in [6.07, 6.45) is 0. The molecule has 1 aromatic carbocycles. The fourth-order valence-electron chi connectivity index (χ4n) is 1.76. The van der Waals surface area contributed by atoms with Gasteiger partial charge in [0.25, 0.3) is 0 Å². The number of para-hydroxylation sites is 1. The quantitative estimate of drug-likeness (QED) is 0.352. The number of aliphatic hydroxyl groups is 1. The first-order chi connectivity index (χ1) is 11.5. The Balaban J connectivity index is 2.22. The fraction of sp³-hybridized carbons (Fsp3) is 0.200. The summed E-state index contributed by atoms with van der Waals surface area (Å²) >= 11 is 0. The molecule has 24 heavy (non-hydrogen) atoms. The van der Waals surface area contributed by atoms with Crippen molar-refractivity contribution >= 4 is 29.0 Å². The van der Waals surface area contributed by atoms with Crippen molar-refractivity contribution in [3.63, 3.8) is 0 Å². The van der Waals surface area contributed by atoms with Gasteiger partial charge in [-0.2, -0.15) is 0 Å². The van der Waals surface area contributed by atoms with Crippen molar-refractivity contribution in [2.45, 2.75) is 6.04 Å². The molecule has 1 aromatic heterocycles. The van der Waals surface area contributed by atoms with Crippen LogP contribution in [0.1, 0.15) is 0 Å². The van der Waals surface area contributed by atoms with Crippen LogP contribution in [0.4, 0.5) is 23.0 Å². The zero-order valence-corrected chi connectivity index (χ0v) is 13.0. The molecular weight excluding hydrogens is 312 g/mol. The minimum atomic E-state index is -0.827. The van der Waals surface area contributed by atoms with Gasteiger partial charge in [0, 0.05) is 0 Å². The van der Waals surface area contributed by atoms with Crippen molar-refractivity contribution in [3.05, 3.63) is 36.4 Å². The largest absolute Gasteiger partial charge is 0.423 e. The number of aromatic nitrogens is 1. The van der Waals surface area contributed by atoms with Crippen molar-refractivity contribution in [3.8, 4) is 5.75 Å². The Morgan fingerprint density at radius 1 is 1.25 bits per heavy atom. The van der Waals surface area contributed by atoms with Gasteiger partial charge in [-0.15, -0.1) is 10.2 Å². The number of likely N-dealkylation sites (N-methyl/N-ethyl adjacent to an activating group) is 1. The number of carbonyl (C=O) groups excluding carboxylic acids is 1. The first-order valence-corrected chi connectivity index (χ1v) is 7.07. The van der Waals surface area contributed by atoms with Crippen molar-refractivity contribution in [1.29, 1.82) is 0 Å². The van der Waals surface area contributed by atoms with E-state index < -0.39 is 12.0 Å². The highest BCUT2D eigenvalue weighted by Gasteiger charge is 2.18. The number of nitrogens with zero attached hydrogens (tertiary/aromatic N) is 3. The molecule has 0 radical (unpaired) electrons. The van der Waals surface area contributed by atoms with Gasteiger partial charge in [0.2, 0.25) is 0 Å². The van der Waals surface area contributed by atoms with Gasteiger partial charge < -0.3 is 26.6 Å². The number of anilines is 2. The Bertz CT molecular complexity index is 746. The number of benzene rings is 1. The van der Waals surface area contributed by atoms with E-state index >= 15 is 0 Å². The summed E-state index contributed by atoms with van der Waals surface area (Å²) in [5.74, 6) is 0.00452. The predicted octanol–water partition coefficient (Wildman–Crippen LogP) is 1.15. The number of nitrogen functional groups attached to an aromatic ring is 2. The maximum atomic E-state index is 11.9. The van der Waals surface area contributed by atoms with Crippen LogP contribution in [-0.4, -0.2) is 35.8 Å². The number of ether oxygens (including phenoxy) is 1. The van der Waals surface area contributed by atoms with Gasteiger partial charge in [0.05, 0.1) is 6.61 Å². The van der Waals surface area contributed by atoms with Gasteiger partial charge in [-0.3, -0.25) is 0 Å². The van der Waals surface area contributed by atoms with Gasteiger partial charge in [0.1, 0.15) is 23.2 Å². The molecule has 6 N–H and O–H groups in total. The third kappa shape index (κ3) is 4.24. The molecule has 126 valence electrons. The summed E-state index contributed by atoms with van der Waals surface area (Å²) in [6, 6.07) is 8.91. The number of hydrogen-bond donors (Lipinski definition) is 4. The molecule has 0 fully saturated rings. The fourth-order valence-corrected chi connectivity index (χ4v) is 1.76. The molecule has 0 amide bonds. The number of carbonyl (C=O) groups is 1. The molecule has 0 aliphatic rings. The smallest absolute Gasteiger partial charge is 0.330 e. The number of pyridine rings is 1. The first kappa shape index (κ1) is 17.3. The molecule has 0 aliphatic heterocycles. The lowest BCUT2D eigenvalue weighted by Gasteiger charge is -2.12. The average molecular weight is 330 g/mol. The molecular formula is C15H18N6O3. The van der Waals surface area contributed by atoms with Crippen LogP contribution in [-0.2, 0) is 4.79 Å². The summed E-state index contributed by atoms with van der Waals surface area (Å²) in [5.41, 5.74) is 11.9. The van der Waals surface area contributed by atoms with Crippen molar-refractivity contribution in [1.82, 2.24) is 10.3 Å². The van der Waals surface area contributed by atoms with Crippen molar-refractivity contribution in [2.75, 3.05) is 25.1 Å². The molecule has 0 unspecified atom stereocenters. The number of esters is 1. The first-order valence-electron chi connectivity index (χ1n) is 7.07. The highest BCUT2D eigenvalue weighted by molar-refractivity contribution is 5.79. The normalized spacial score (nSPS) is 12.2. The van der Waals surface area contributed by atoms with E-state index in [-0.39, 0.29) is 24.0 Å². The molecule has 0 spiro atoms. The van der Waals surface area contributed by atoms with E-state index in [1.807, 2.05) is 0 Å². The molecule has 9 heteroatoms. The van der Waals surface area contributed by atoms with E-state index in [2.05, 4.69) is 20.5 Å². The topological polar surface area (TPSA) is 148 Å². The van der Waals surface area contributed by atoms with Gasteiger partial charge in [-0.25, -0.2) is 9.78 Å². The third-order valence-electron chi connectivity index (χ3n) is 3.08. The second kappa shape index (κ2) is 7.99. The van der Waals surface area contributed by atoms with Crippen LogP contribution in [0.25, 0.3) is 0 Å². The zero-order valence-electron chi connectivity index (χ0n) is 13.0. The molecule has 1 atom stereocenters. The van der Waals surface area contributed by atoms with Crippen LogP contribution >= 0.6 is 0 Å². The molecule has 2 aromatic rings. The van der Waals surface area contributed by atoms with E-state index in [4.69, 9.17) is 21.3 Å². The Kier molecular flexibility index (Phi) is 5.77. The summed E-state index contributed by atoms with van der Waals surface area (Å²) in [6.45, 7) is -0.382. The predicted molar refractivity (Wildman–Crippen MR) is 89.2 cm³/mol. The van der Waals surface area contributed by atoms with Gasteiger partial charge in [-0.05, 0) is 31.3 Å². The summed E-state index contributed by atoms with van der Waals surface area (Å²) in [5, 5.41) is 19.8. The van der Waals surface area contributed by atoms with Crippen LogP contribution in [0.2, 0.25) is 0 Å². The standard InChI is InChI=1S/C15H18N6O3/c1-18-11(8-22)15(23)24-12-5-3-2-4-9(12)20-21-10-6-7-13(16)19-14(10)17/h2-7,11,18,22H,8H2,1H3,(H4,16,17,19)/t11-/m0/s1. The van der Waals surface area contributed by atoms with Crippen LogP contribution in [0.3, 0.4) is 0 Å². The van der Waals surface area contributed by atoms with E-state index in [0.29, 0.717) is 11.4 Å². The lowest BCUT2D eigenvalue weighted by molar-refractivity contribution is -0.137. The highest BCUT2D eigenvalue weighted by atomic mass is 16.5. The van der Waals surface area contributed by atoms with Crippen LogP contribution in [0, 0.1) is 0 Å². The second-order valence-electron chi connectivity index (χ2n) is 4.75. The van der Waals surface area contributed by atoms with Crippen molar-refractivity contribution < 1.29 is 14.6 Å². The number of rotatable bonds is 6. The molecule has 9 nitrogen and oxygen atoms in total. The number of nitrogens with two attached hydrogens (primary N) is 2. The maximum Gasteiger partial charge on any atom is 0.330 e. The Morgan fingerprint density at radius 2 is 1.96 bits per heavy atom. The molecule has 2 rings (SSSR count). The molecule has 0 aliphatic carbocycles. The van der Waals surface area contributed by atoms with E-state index in [9.17, 15) is 4.79 Å². The van der Waals surface area contributed by atoms with E-state index in [0.717, 1.165) is 0 Å². The number of azo groups is 1. The van der Waals surface area contributed by atoms with Crippen LogP contribution < -0.4 is 21.5 Å². The summed E-state index contributed by atoms with van der Waals surface area (Å²) in [4.78, 5) is 15.8. The van der Waals surface area contributed by atoms with E-state index in [1.165, 1.54) is 0 Å². The SMILES string of the molecule is CN[C@@H](CO)C(=O)Oc1ccccc1N=Nc1ccc(N)nc1N. The minimum Gasteiger partial charge on any atom is -0.423 e. The number of aliphatic hydroxyl groups excluding tert-OH is 1. The Labute approximate surface area is 138 Å². The third-order valence-corrected chi connectivity index (χ3v) is 3.08. The second-order valence-corrected chi connectivity index (χ2v) is 4.75. The number of hydrogen-bond acceptors (Lipinski definition) is 9. The van der Waals surface area contributed by atoms with Gasteiger partial charge in [0.15, 0.2) is 11.6 Å². The number of nitrogens with one attached hydrogen (secondary N) is 1. The maximum absolute atomic E-state index is 11.9. The summed E-state index contributed by atoms with van der Waals surface area (Å²) in [7, 11) is 1.55. The average Bonchev–Trinajstić information content (AvgIpc) is 2.56. The summed E-state index contributed by atoms with van der Waals surface area (Å²) < 4.78 is 5.25. The van der Waals surface area contributed by atoms with Gasteiger partial charge >= 0.3 is 5.97 Å². The van der Waals surface area contributed by atoms with Gasteiger partial charge in [-0.1, -0.05) is 12.1 Å². The highest BCUT2D eigenvalue weighted by Crippen LogP contribution is 2.30. The minimum absolute atomic E-state index is 0.142. The molecule has 0 saturated carbocycles. The zero-order chi connectivity index (χ0) is 17.5. The molecule has 1 heterocycles. The monoisotopic (exact) mass is 330 g/mol.